The van der Waals surface area contributed by atoms with E-state index in [0.717, 1.165) is 12.1 Å². The molecule has 0 spiro atoms. The van der Waals surface area contributed by atoms with Gasteiger partial charge in [0.1, 0.15) is 18.5 Å². The third-order valence-electron chi connectivity index (χ3n) is 3.53. The highest BCUT2D eigenvalue weighted by atomic mass is 32.2. The summed E-state index contributed by atoms with van der Waals surface area (Å²) in [5.41, 5.74) is 1.06. The highest BCUT2D eigenvalue weighted by molar-refractivity contribution is 7.69. The van der Waals surface area contributed by atoms with Crippen LogP contribution in [0, 0.1) is 11.6 Å². The lowest BCUT2D eigenvalue weighted by Gasteiger charge is -2.12. The summed E-state index contributed by atoms with van der Waals surface area (Å²) in [5.74, 6) is -1.23. The fourth-order valence-corrected chi connectivity index (χ4v) is 2.54. The minimum Gasteiger partial charge on any atom is -0.491 e. The van der Waals surface area contributed by atoms with Crippen molar-refractivity contribution in [2.45, 2.75) is 6.10 Å². The number of rotatable bonds is 10. The Kier molecular flexibility index (Phi) is 9.02. The average Bonchev–Trinajstić information content (AvgIpc) is 2.69. The molecule has 2 N–H and O–H groups in total. The molecule has 0 heterocycles. The van der Waals surface area contributed by atoms with Crippen LogP contribution >= 0.6 is 0 Å². The summed E-state index contributed by atoms with van der Waals surface area (Å²) in [4.78, 5) is 0. The average molecular weight is 412 g/mol. The molecular formula is C19H22F2N2O4S. The van der Waals surface area contributed by atoms with E-state index in [1.54, 1.807) is 36.4 Å². The van der Waals surface area contributed by atoms with Gasteiger partial charge < -0.3 is 15.2 Å². The Balaban J connectivity index is 1.68. The van der Waals surface area contributed by atoms with E-state index in [2.05, 4.69) is 13.9 Å². The highest BCUT2D eigenvalue weighted by Crippen LogP contribution is 2.18. The fraction of sp³-hybridized carbons (Fsp3) is 0.263. The van der Waals surface area contributed by atoms with Crippen LogP contribution in [0.4, 0.5) is 14.5 Å². The van der Waals surface area contributed by atoms with Crippen LogP contribution in [-0.2, 0) is 15.1 Å². The molecule has 0 radical (unpaired) electrons. The van der Waals surface area contributed by atoms with Gasteiger partial charge in [-0.05, 0) is 42.0 Å². The number of benzene rings is 2. The number of nitrogens with one attached hydrogen (secondary N) is 1. The van der Waals surface area contributed by atoms with E-state index in [4.69, 9.17) is 4.74 Å². The van der Waals surface area contributed by atoms with E-state index in [9.17, 15) is 18.1 Å². The summed E-state index contributed by atoms with van der Waals surface area (Å²) >= 11 is 0. The monoisotopic (exact) mass is 412 g/mol. The fourth-order valence-electron chi connectivity index (χ4n) is 2.14. The second-order valence-corrected chi connectivity index (χ2v) is 6.75. The zero-order valence-corrected chi connectivity index (χ0v) is 16.1. The number of hydrogen-bond acceptors (Lipinski definition) is 6. The molecule has 152 valence electrons. The predicted octanol–water partition coefficient (Wildman–Crippen LogP) is 2.87. The first kappa shape index (κ1) is 22.0. The van der Waals surface area contributed by atoms with Gasteiger partial charge in [-0.1, -0.05) is 18.2 Å². The first-order valence-electron chi connectivity index (χ1n) is 8.44. The number of halogens is 2. The van der Waals surface area contributed by atoms with E-state index < -0.39 is 28.6 Å². The van der Waals surface area contributed by atoms with Crippen molar-refractivity contribution in [3.8, 4) is 5.75 Å². The molecule has 0 amide bonds. The molecule has 2 aromatic carbocycles. The molecule has 0 aliphatic heterocycles. The molecule has 0 saturated carbocycles. The Morgan fingerprint density at radius 2 is 1.96 bits per heavy atom. The van der Waals surface area contributed by atoms with Gasteiger partial charge in [0.25, 0.3) is 0 Å². The Morgan fingerprint density at radius 3 is 2.64 bits per heavy atom. The standard InChI is InChI=1S/C19H22F2N2O4S/c1-26-28(25)23-15-5-7-17(8-6-15)27-13-16(24)12-22-10-2-3-14-4-9-18(20)19(21)11-14/h2-9,11,16,22,24,28H,10,12-13H2,1H3/b3-2+. The molecule has 9 heteroatoms. The first-order valence-corrected chi connectivity index (χ1v) is 9.57. The number of aliphatic hydroxyl groups excluding tert-OH is 1. The van der Waals surface area contributed by atoms with Gasteiger partial charge in [0.05, 0.1) is 12.8 Å². The second-order valence-electron chi connectivity index (χ2n) is 5.71. The van der Waals surface area contributed by atoms with Crippen LogP contribution in [0.2, 0.25) is 0 Å². The van der Waals surface area contributed by atoms with Crippen molar-refractivity contribution in [1.29, 1.82) is 0 Å². The van der Waals surface area contributed by atoms with E-state index in [0.29, 0.717) is 30.1 Å². The zero-order valence-electron chi connectivity index (χ0n) is 15.2. The minimum absolute atomic E-state index is 0.0860. The molecule has 0 aromatic heterocycles. The molecule has 28 heavy (non-hydrogen) atoms. The summed E-state index contributed by atoms with van der Waals surface area (Å²) in [6, 6.07) is 10.2. The number of aliphatic hydroxyl groups is 1. The Hall–Kier alpha value is -2.33. The van der Waals surface area contributed by atoms with Crippen LogP contribution in [0.5, 0.6) is 5.75 Å². The van der Waals surface area contributed by atoms with Gasteiger partial charge in [0.2, 0.25) is 0 Å². The quantitative estimate of drug-likeness (QED) is 0.413. The smallest absolute Gasteiger partial charge is 0.159 e. The molecule has 0 aliphatic carbocycles. The Bertz CT molecular complexity index is 869. The molecular weight excluding hydrogens is 390 g/mol. The third kappa shape index (κ3) is 7.73. The summed E-state index contributed by atoms with van der Waals surface area (Å²) < 4.78 is 51.0. The highest BCUT2D eigenvalue weighted by Gasteiger charge is 2.05. The maximum atomic E-state index is 13.1. The largest absolute Gasteiger partial charge is 0.491 e. The van der Waals surface area contributed by atoms with E-state index in [1.165, 1.54) is 13.2 Å². The lowest BCUT2D eigenvalue weighted by Crippen LogP contribution is -2.31. The minimum atomic E-state index is -2.07. The van der Waals surface area contributed by atoms with Crippen LogP contribution < -0.4 is 10.1 Å². The summed E-state index contributed by atoms with van der Waals surface area (Å²) in [7, 11) is -0.753. The molecule has 2 aromatic rings. The number of thiol groups is 1. The maximum Gasteiger partial charge on any atom is 0.159 e. The normalized spacial score (nSPS) is 13.7. The number of nitrogens with zero attached hydrogens (tertiary/aromatic N) is 1. The van der Waals surface area contributed by atoms with Crippen molar-refractivity contribution < 1.29 is 27.0 Å². The van der Waals surface area contributed by atoms with Gasteiger partial charge in [0, 0.05) is 13.1 Å². The lowest BCUT2D eigenvalue weighted by atomic mass is 10.2. The van der Waals surface area contributed by atoms with Gasteiger partial charge in [0.15, 0.2) is 22.5 Å². The van der Waals surface area contributed by atoms with Gasteiger partial charge >= 0.3 is 0 Å². The molecule has 2 rings (SSSR count). The first-order chi connectivity index (χ1) is 13.5. The van der Waals surface area contributed by atoms with E-state index >= 15 is 0 Å². The van der Waals surface area contributed by atoms with Crippen molar-refractivity contribution in [3.63, 3.8) is 0 Å². The lowest BCUT2D eigenvalue weighted by molar-refractivity contribution is 0.107. The van der Waals surface area contributed by atoms with Gasteiger partial charge in [-0.2, -0.15) is 4.36 Å². The van der Waals surface area contributed by atoms with Crippen LogP contribution in [0.3, 0.4) is 0 Å². The predicted molar refractivity (Wildman–Crippen MR) is 105 cm³/mol. The molecule has 2 atom stereocenters. The zero-order chi connectivity index (χ0) is 20.4. The van der Waals surface area contributed by atoms with Crippen LogP contribution in [0.25, 0.3) is 6.08 Å². The molecule has 0 aliphatic rings. The SMILES string of the molecule is CO[SH](=O)=Nc1ccc(OCC(O)CNC/C=C/c2ccc(F)c(F)c2)cc1. The topological polar surface area (TPSA) is 80.2 Å². The molecule has 0 bridgehead atoms. The second kappa shape index (κ2) is 11.5. The van der Waals surface area contributed by atoms with Crippen molar-refractivity contribution in [3.05, 3.63) is 65.7 Å². The molecule has 0 saturated heterocycles. The van der Waals surface area contributed by atoms with Gasteiger partial charge in [-0.3, -0.25) is 4.18 Å². The maximum absolute atomic E-state index is 13.1. The van der Waals surface area contributed by atoms with Crippen molar-refractivity contribution >= 4 is 22.6 Å². The molecule has 0 fully saturated rings. The van der Waals surface area contributed by atoms with Crippen LogP contribution in [0.1, 0.15) is 5.56 Å². The van der Waals surface area contributed by atoms with Crippen LogP contribution in [0.15, 0.2) is 52.9 Å². The summed E-state index contributed by atoms with van der Waals surface area (Å²) in [6.45, 7) is 0.830. The summed E-state index contributed by atoms with van der Waals surface area (Å²) in [6.07, 6.45) is 2.67. The van der Waals surface area contributed by atoms with Gasteiger partial charge in [-0.15, -0.1) is 0 Å². The van der Waals surface area contributed by atoms with Crippen LogP contribution in [-0.4, -0.2) is 42.2 Å². The Morgan fingerprint density at radius 1 is 1.21 bits per heavy atom. The molecule has 6 nitrogen and oxygen atoms in total. The van der Waals surface area contributed by atoms with E-state index in [1.807, 2.05) is 0 Å². The number of hydrogen-bond donors (Lipinski definition) is 3. The number of ether oxygens (including phenoxy) is 1. The van der Waals surface area contributed by atoms with Crippen molar-refractivity contribution in [2.24, 2.45) is 4.36 Å². The summed E-state index contributed by atoms with van der Waals surface area (Å²) in [5, 5.41) is 12.9. The van der Waals surface area contributed by atoms with Crippen molar-refractivity contribution in [1.82, 2.24) is 5.32 Å². The molecule has 2 unspecified atom stereocenters. The Labute approximate surface area is 164 Å². The van der Waals surface area contributed by atoms with Crippen molar-refractivity contribution in [2.75, 3.05) is 26.8 Å². The third-order valence-corrected chi connectivity index (χ3v) is 4.24. The van der Waals surface area contributed by atoms with E-state index in [-0.39, 0.29) is 6.61 Å². The van der Waals surface area contributed by atoms with Gasteiger partial charge in [-0.25, -0.2) is 13.0 Å².